The molecule has 0 bridgehead atoms. The highest BCUT2D eigenvalue weighted by atomic mass is 19.1. The first-order chi connectivity index (χ1) is 9.70. The zero-order chi connectivity index (χ0) is 14.4. The van der Waals surface area contributed by atoms with Crippen molar-refractivity contribution >= 4 is 5.91 Å². The maximum atomic E-state index is 13.8. The highest BCUT2D eigenvalue weighted by molar-refractivity contribution is 5.77. The van der Waals surface area contributed by atoms with Crippen LogP contribution in [0.25, 0.3) is 0 Å². The standard InChI is InChI=1S/C15H17FN2O2/c1-2-8-17-14(19)10-20-15-11(4-3-5-13(15)16)9-18-12-6-7-12/h1,3-5,12,18H,6-10H2,(H,17,19). The lowest BCUT2D eigenvalue weighted by Crippen LogP contribution is -2.29. The Bertz CT molecular complexity index is 521. The molecule has 1 amide bonds. The average molecular weight is 276 g/mol. The molecule has 1 aliphatic rings. The van der Waals surface area contributed by atoms with Gasteiger partial charge in [0.1, 0.15) is 0 Å². The number of rotatable bonds is 7. The summed E-state index contributed by atoms with van der Waals surface area (Å²) in [6.45, 7) is 0.415. The van der Waals surface area contributed by atoms with Gasteiger partial charge in [0.2, 0.25) is 0 Å². The minimum atomic E-state index is -0.468. The molecule has 0 unspecified atom stereocenters. The van der Waals surface area contributed by atoms with E-state index in [-0.39, 0.29) is 24.8 Å². The van der Waals surface area contributed by atoms with E-state index < -0.39 is 5.82 Å². The van der Waals surface area contributed by atoms with Crippen LogP contribution < -0.4 is 15.4 Å². The first-order valence-corrected chi connectivity index (χ1v) is 6.54. The van der Waals surface area contributed by atoms with Crippen LogP contribution in [-0.2, 0) is 11.3 Å². The second-order valence-corrected chi connectivity index (χ2v) is 4.65. The van der Waals surface area contributed by atoms with Gasteiger partial charge in [-0.05, 0) is 18.9 Å². The molecule has 1 fully saturated rings. The van der Waals surface area contributed by atoms with Gasteiger partial charge in [-0.1, -0.05) is 18.1 Å². The minimum absolute atomic E-state index is 0.122. The molecule has 2 rings (SSSR count). The number of hydrogen-bond donors (Lipinski definition) is 2. The van der Waals surface area contributed by atoms with Crippen molar-refractivity contribution in [3.8, 4) is 18.1 Å². The summed E-state index contributed by atoms with van der Waals surface area (Å²) in [5, 5.41) is 5.75. The fourth-order valence-corrected chi connectivity index (χ4v) is 1.73. The van der Waals surface area contributed by atoms with Crippen molar-refractivity contribution < 1.29 is 13.9 Å². The molecule has 5 heteroatoms. The second-order valence-electron chi connectivity index (χ2n) is 4.65. The molecule has 0 aromatic heterocycles. The Labute approximate surface area is 117 Å². The van der Waals surface area contributed by atoms with Gasteiger partial charge in [-0.15, -0.1) is 6.42 Å². The van der Waals surface area contributed by atoms with E-state index in [1.165, 1.54) is 6.07 Å². The van der Waals surface area contributed by atoms with Crippen LogP contribution in [0.5, 0.6) is 5.75 Å². The van der Waals surface area contributed by atoms with E-state index in [1.54, 1.807) is 12.1 Å². The van der Waals surface area contributed by atoms with E-state index in [2.05, 4.69) is 16.6 Å². The lowest BCUT2D eigenvalue weighted by atomic mass is 10.2. The average Bonchev–Trinajstić information content (AvgIpc) is 3.26. The van der Waals surface area contributed by atoms with Crippen LogP contribution in [0.3, 0.4) is 0 Å². The van der Waals surface area contributed by atoms with Crippen molar-refractivity contribution in [2.75, 3.05) is 13.2 Å². The zero-order valence-corrected chi connectivity index (χ0v) is 11.1. The molecule has 0 spiro atoms. The Hall–Kier alpha value is -2.06. The number of benzene rings is 1. The summed E-state index contributed by atoms with van der Waals surface area (Å²) in [6, 6.07) is 5.25. The van der Waals surface area contributed by atoms with Gasteiger partial charge in [-0.3, -0.25) is 4.79 Å². The third-order valence-corrected chi connectivity index (χ3v) is 2.94. The number of ether oxygens (including phenoxy) is 1. The van der Waals surface area contributed by atoms with E-state index in [1.807, 2.05) is 0 Å². The normalized spacial score (nSPS) is 13.6. The molecule has 106 valence electrons. The number of hydrogen-bond acceptors (Lipinski definition) is 3. The van der Waals surface area contributed by atoms with Gasteiger partial charge in [0.15, 0.2) is 18.2 Å². The van der Waals surface area contributed by atoms with Crippen molar-refractivity contribution in [2.24, 2.45) is 0 Å². The van der Waals surface area contributed by atoms with Gasteiger partial charge in [0, 0.05) is 18.2 Å². The molecule has 0 atom stereocenters. The number of nitrogens with one attached hydrogen (secondary N) is 2. The summed E-state index contributed by atoms with van der Waals surface area (Å²) in [5.74, 6) is 1.57. The van der Waals surface area contributed by atoms with Crippen molar-refractivity contribution in [1.29, 1.82) is 0 Å². The summed E-state index contributed by atoms with van der Waals surface area (Å²) in [6.07, 6.45) is 7.34. The summed E-state index contributed by atoms with van der Waals surface area (Å²) in [7, 11) is 0. The molecule has 0 radical (unpaired) electrons. The summed E-state index contributed by atoms with van der Waals surface area (Å²) < 4.78 is 19.1. The van der Waals surface area contributed by atoms with Crippen LogP contribution in [0.2, 0.25) is 0 Å². The molecular formula is C15H17FN2O2. The summed E-state index contributed by atoms with van der Waals surface area (Å²) in [4.78, 5) is 11.4. The van der Waals surface area contributed by atoms with E-state index in [0.29, 0.717) is 18.2 Å². The smallest absolute Gasteiger partial charge is 0.258 e. The molecule has 0 heterocycles. The van der Waals surface area contributed by atoms with Gasteiger partial charge in [0.05, 0.1) is 6.54 Å². The SMILES string of the molecule is C#CCNC(=O)COc1c(F)cccc1CNC1CC1. The molecule has 1 aromatic carbocycles. The third kappa shape index (κ3) is 4.25. The number of halogens is 1. The van der Waals surface area contributed by atoms with Crippen LogP contribution in [0, 0.1) is 18.2 Å². The quantitative estimate of drug-likeness (QED) is 0.736. The number of terminal acetylenes is 1. The van der Waals surface area contributed by atoms with E-state index in [4.69, 9.17) is 11.2 Å². The molecular weight excluding hydrogens is 259 g/mol. The van der Waals surface area contributed by atoms with Crippen molar-refractivity contribution in [3.63, 3.8) is 0 Å². The first-order valence-electron chi connectivity index (χ1n) is 6.54. The van der Waals surface area contributed by atoms with E-state index in [9.17, 15) is 9.18 Å². The predicted molar refractivity (Wildman–Crippen MR) is 73.6 cm³/mol. The van der Waals surface area contributed by atoms with Crippen LogP contribution in [0.15, 0.2) is 18.2 Å². The van der Waals surface area contributed by atoms with Crippen LogP contribution in [0.4, 0.5) is 4.39 Å². The van der Waals surface area contributed by atoms with Crippen molar-refractivity contribution in [1.82, 2.24) is 10.6 Å². The van der Waals surface area contributed by atoms with Gasteiger partial charge in [-0.2, -0.15) is 0 Å². The van der Waals surface area contributed by atoms with Gasteiger partial charge >= 0.3 is 0 Å². The Morgan fingerprint density at radius 1 is 1.50 bits per heavy atom. The van der Waals surface area contributed by atoms with Crippen molar-refractivity contribution in [2.45, 2.75) is 25.4 Å². The molecule has 20 heavy (non-hydrogen) atoms. The number of amides is 1. The van der Waals surface area contributed by atoms with Gasteiger partial charge in [-0.25, -0.2) is 4.39 Å². The van der Waals surface area contributed by atoms with Crippen LogP contribution in [-0.4, -0.2) is 25.1 Å². The first kappa shape index (κ1) is 14.4. The third-order valence-electron chi connectivity index (χ3n) is 2.94. The van der Waals surface area contributed by atoms with Crippen LogP contribution >= 0.6 is 0 Å². The molecule has 0 aliphatic heterocycles. The number of carbonyl (C=O) groups excluding carboxylic acids is 1. The van der Waals surface area contributed by atoms with Crippen molar-refractivity contribution in [3.05, 3.63) is 29.6 Å². The Balaban J connectivity index is 1.94. The van der Waals surface area contributed by atoms with Gasteiger partial charge in [0.25, 0.3) is 5.91 Å². The molecule has 4 nitrogen and oxygen atoms in total. The summed E-state index contributed by atoms with van der Waals surface area (Å²) in [5.41, 5.74) is 0.710. The predicted octanol–water partition coefficient (Wildman–Crippen LogP) is 1.21. The highest BCUT2D eigenvalue weighted by Gasteiger charge is 2.21. The molecule has 2 N–H and O–H groups in total. The Kier molecular flexibility index (Phi) is 4.97. The minimum Gasteiger partial charge on any atom is -0.480 e. The number of carbonyl (C=O) groups is 1. The lowest BCUT2D eigenvalue weighted by Gasteiger charge is -2.12. The largest absolute Gasteiger partial charge is 0.480 e. The molecule has 0 saturated heterocycles. The summed E-state index contributed by atoms with van der Waals surface area (Å²) >= 11 is 0. The van der Waals surface area contributed by atoms with E-state index >= 15 is 0 Å². The second kappa shape index (κ2) is 6.92. The topological polar surface area (TPSA) is 50.4 Å². The molecule has 1 saturated carbocycles. The Morgan fingerprint density at radius 3 is 3.00 bits per heavy atom. The maximum Gasteiger partial charge on any atom is 0.258 e. The highest BCUT2D eigenvalue weighted by Crippen LogP contribution is 2.25. The molecule has 1 aromatic rings. The number of para-hydroxylation sites is 1. The Morgan fingerprint density at radius 2 is 2.30 bits per heavy atom. The maximum absolute atomic E-state index is 13.8. The van der Waals surface area contributed by atoms with Gasteiger partial charge < -0.3 is 15.4 Å². The lowest BCUT2D eigenvalue weighted by molar-refractivity contribution is -0.122. The van der Waals surface area contributed by atoms with E-state index in [0.717, 1.165) is 12.8 Å². The fraction of sp³-hybridized carbons (Fsp3) is 0.400. The monoisotopic (exact) mass is 276 g/mol. The molecule has 1 aliphatic carbocycles. The van der Waals surface area contributed by atoms with Crippen LogP contribution in [0.1, 0.15) is 18.4 Å². The fourth-order valence-electron chi connectivity index (χ4n) is 1.73. The zero-order valence-electron chi connectivity index (χ0n) is 11.1.